The van der Waals surface area contributed by atoms with Gasteiger partial charge in [-0.05, 0) is 43.0 Å². The van der Waals surface area contributed by atoms with Gasteiger partial charge in [-0.1, -0.05) is 30.3 Å². The Morgan fingerprint density at radius 3 is 2.74 bits per heavy atom. The first kappa shape index (κ1) is 15.7. The number of rotatable bonds is 4. The van der Waals surface area contributed by atoms with Crippen LogP contribution < -0.4 is 0 Å². The minimum absolute atomic E-state index is 0.137. The van der Waals surface area contributed by atoms with Gasteiger partial charge in [-0.3, -0.25) is 14.7 Å². The zero-order valence-corrected chi connectivity index (χ0v) is 13.7. The molecule has 0 aliphatic carbocycles. The molecule has 120 valence electrons. The lowest BCUT2D eigenvalue weighted by Crippen LogP contribution is -2.45. The molecule has 0 amide bonds. The van der Waals surface area contributed by atoms with Gasteiger partial charge in [0.2, 0.25) is 0 Å². The molecule has 1 aliphatic rings. The van der Waals surface area contributed by atoms with Crippen LogP contribution in [-0.4, -0.2) is 28.5 Å². The first-order valence-electron chi connectivity index (χ1n) is 8.06. The molecule has 1 unspecified atom stereocenters. The summed E-state index contributed by atoms with van der Waals surface area (Å²) in [7, 11) is 0. The summed E-state index contributed by atoms with van der Waals surface area (Å²) in [4.78, 5) is 18.9. The molecule has 3 rings (SSSR count). The second-order valence-corrected chi connectivity index (χ2v) is 5.95. The third-order valence-corrected chi connectivity index (χ3v) is 4.26. The van der Waals surface area contributed by atoms with Crippen LogP contribution in [0.2, 0.25) is 0 Å². The van der Waals surface area contributed by atoms with Gasteiger partial charge in [-0.2, -0.15) is 0 Å². The molecule has 2 heterocycles. The molecule has 4 heteroatoms. The second kappa shape index (κ2) is 6.92. The fourth-order valence-corrected chi connectivity index (χ4v) is 3.04. The van der Waals surface area contributed by atoms with Crippen molar-refractivity contribution < 1.29 is 9.53 Å². The molecule has 1 aromatic heterocycles. The van der Waals surface area contributed by atoms with Gasteiger partial charge in [0.15, 0.2) is 0 Å². The topological polar surface area (TPSA) is 42.4 Å². The normalized spacial score (nSPS) is 17.6. The monoisotopic (exact) mass is 310 g/mol. The number of esters is 1. The highest BCUT2D eigenvalue weighted by molar-refractivity contribution is 5.76. The number of carbonyl (C=O) groups is 1. The van der Waals surface area contributed by atoms with Crippen LogP contribution in [0.4, 0.5) is 0 Å². The van der Waals surface area contributed by atoms with Crippen LogP contribution in [0.3, 0.4) is 0 Å². The molecule has 0 spiro atoms. The number of carbonyl (C=O) groups excluding carboxylic acids is 1. The van der Waals surface area contributed by atoms with E-state index in [1.54, 1.807) is 0 Å². The lowest BCUT2D eigenvalue weighted by Gasteiger charge is -2.35. The molecule has 0 bridgehead atoms. The lowest BCUT2D eigenvalue weighted by atomic mass is 9.93. The van der Waals surface area contributed by atoms with E-state index in [1.165, 1.54) is 11.1 Å². The second-order valence-electron chi connectivity index (χ2n) is 5.95. The number of pyridine rings is 1. The standard InChI is InChI=1S/C19H22N2O2/c1-3-23-19(22)18-10-16-6-4-5-7-17(16)13-21(18)12-15-9-8-14(2)20-11-15/h4-9,11,18H,3,10,12-13H2,1-2H3. The molecule has 0 saturated carbocycles. The molecule has 4 nitrogen and oxygen atoms in total. The highest BCUT2D eigenvalue weighted by Gasteiger charge is 2.32. The summed E-state index contributed by atoms with van der Waals surface area (Å²) in [5.74, 6) is -0.137. The minimum Gasteiger partial charge on any atom is -0.465 e. The number of aromatic nitrogens is 1. The van der Waals surface area contributed by atoms with E-state index in [-0.39, 0.29) is 12.0 Å². The van der Waals surface area contributed by atoms with E-state index >= 15 is 0 Å². The molecule has 1 atom stereocenters. The van der Waals surface area contributed by atoms with Crippen molar-refractivity contribution in [3.8, 4) is 0 Å². The van der Waals surface area contributed by atoms with Crippen molar-refractivity contribution >= 4 is 5.97 Å². The van der Waals surface area contributed by atoms with Crippen molar-refractivity contribution in [1.29, 1.82) is 0 Å². The molecular weight excluding hydrogens is 288 g/mol. The van der Waals surface area contributed by atoms with Crippen LogP contribution in [0.15, 0.2) is 42.6 Å². The Balaban J connectivity index is 1.85. The van der Waals surface area contributed by atoms with E-state index in [0.29, 0.717) is 19.6 Å². The number of fused-ring (bicyclic) bond motifs is 1. The largest absolute Gasteiger partial charge is 0.465 e. The molecule has 0 N–H and O–H groups in total. The Bertz CT molecular complexity index is 682. The number of hydrogen-bond donors (Lipinski definition) is 0. The number of aryl methyl sites for hydroxylation is 1. The summed E-state index contributed by atoms with van der Waals surface area (Å²) >= 11 is 0. The molecular formula is C19H22N2O2. The Morgan fingerprint density at radius 1 is 1.26 bits per heavy atom. The summed E-state index contributed by atoms with van der Waals surface area (Å²) in [6, 6.07) is 12.2. The van der Waals surface area contributed by atoms with Gasteiger partial charge in [0.05, 0.1) is 6.61 Å². The van der Waals surface area contributed by atoms with Gasteiger partial charge < -0.3 is 4.74 Å². The third-order valence-electron chi connectivity index (χ3n) is 4.26. The van der Waals surface area contributed by atoms with E-state index in [2.05, 4.69) is 34.1 Å². The maximum atomic E-state index is 12.4. The van der Waals surface area contributed by atoms with Crippen LogP contribution >= 0.6 is 0 Å². The molecule has 1 aliphatic heterocycles. The number of nitrogens with zero attached hydrogens (tertiary/aromatic N) is 2. The zero-order chi connectivity index (χ0) is 16.2. The van der Waals surface area contributed by atoms with E-state index in [0.717, 1.165) is 17.8 Å². The fourth-order valence-electron chi connectivity index (χ4n) is 3.04. The summed E-state index contributed by atoms with van der Waals surface area (Å²) in [6.45, 7) is 5.70. The predicted molar refractivity (Wildman–Crippen MR) is 88.8 cm³/mol. The van der Waals surface area contributed by atoms with Gasteiger partial charge in [-0.25, -0.2) is 0 Å². The maximum Gasteiger partial charge on any atom is 0.323 e. The zero-order valence-electron chi connectivity index (χ0n) is 13.7. The van der Waals surface area contributed by atoms with Gasteiger partial charge in [-0.15, -0.1) is 0 Å². The quantitative estimate of drug-likeness (QED) is 0.814. The van der Waals surface area contributed by atoms with Crippen LogP contribution in [0.1, 0.15) is 29.3 Å². The average Bonchev–Trinajstić information content (AvgIpc) is 2.56. The number of hydrogen-bond acceptors (Lipinski definition) is 4. The molecule has 23 heavy (non-hydrogen) atoms. The molecule has 0 fully saturated rings. The summed E-state index contributed by atoms with van der Waals surface area (Å²) in [5.41, 5.74) is 4.64. The van der Waals surface area contributed by atoms with Gasteiger partial charge in [0, 0.05) is 25.0 Å². The van der Waals surface area contributed by atoms with E-state index in [4.69, 9.17) is 4.74 Å². The first-order chi connectivity index (χ1) is 11.2. The van der Waals surface area contributed by atoms with Crippen molar-refractivity contribution in [3.05, 3.63) is 65.0 Å². The van der Waals surface area contributed by atoms with E-state index in [1.807, 2.05) is 32.2 Å². The van der Waals surface area contributed by atoms with Crippen molar-refractivity contribution in [2.45, 2.75) is 39.4 Å². The first-order valence-corrected chi connectivity index (χ1v) is 8.06. The SMILES string of the molecule is CCOC(=O)C1Cc2ccccc2CN1Cc1ccc(C)nc1. The Hall–Kier alpha value is -2.20. The summed E-state index contributed by atoms with van der Waals surface area (Å²) in [6.07, 6.45) is 2.59. The van der Waals surface area contributed by atoms with Crippen molar-refractivity contribution in [2.24, 2.45) is 0 Å². The minimum atomic E-state index is -0.230. The van der Waals surface area contributed by atoms with Crippen LogP contribution in [-0.2, 0) is 29.0 Å². The average molecular weight is 310 g/mol. The Labute approximate surface area is 137 Å². The highest BCUT2D eigenvalue weighted by Crippen LogP contribution is 2.25. The molecule has 2 aromatic rings. The summed E-state index contributed by atoms with van der Waals surface area (Å²) < 4.78 is 5.29. The Morgan fingerprint density at radius 2 is 2.04 bits per heavy atom. The van der Waals surface area contributed by atoms with Gasteiger partial charge >= 0.3 is 5.97 Å². The van der Waals surface area contributed by atoms with Crippen LogP contribution in [0, 0.1) is 6.92 Å². The van der Waals surface area contributed by atoms with Gasteiger partial charge in [0.25, 0.3) is 0 Å². The smallest absolute Gasteiger partial charge is 0.323 e. The number of benzene rings is 1. The lowest BCUT2D eigenvalue weighted by molar-refractivity contribution is -0.150. The Kier molecular flexibility index (Phi) is 4.72. The molecule has 0 saturated heterocycles. The molecule has 1 aromatic carbocycles. The van der Waals surface area contributed by atoms with Crippen molar-refractivity contribution in [2.75, 3.05) is 6.61 Å². The number of ether oxygens (including phenoxy) is 1. The van der Waals surface area contributed by atoms with Crippen molar-refractivity contribution in [3.63, 3.8) is 0 Å². The van der Waals surface area contributed by atoms with Crippen LogP contribution in [0.5, 0.6) is 0 Å². The van der Waals surface area contributed by atoms with Gasteiger partial charge in [0.1, 0.15) is 6.04 Å². The van der Waals surface area contributed by atoms with Crippen LogP contribution in [0.25, 0.3) is 0 Å². The predicted octanol–water partition coefficient (Wildman–Crippen LogP) is 2.88. The third kappa shape index (κ3) is 3.59. The van der Waals surface area contributed by atoms with Crippen molar-refractivity contribution in [1.82, 2.24) is 9.88 Å². The fraction of sp³-hybridized carbons (Fsp3) is 0.368. The molecule has 0 radical (unpaired) electrons. The maximum absolute atomic E-state index is 12.4. The highest BCUT2D eigenvalue weighted by atomic mass is 16.5. The van der Waals surface area contributed by atoms with E-state index < -0.39 is 0 Å². The summed E-state index contributed by atoms with van der Waals surface area (Å²) in [5, 5.41) is 0. The van der Waals surface area contributed by atoms with E-state index in [9.17, 15) is 4.79 Å².